The number of piperidine rings is 1. The summed E-state index contributed by atoms with van der Waals surface area (Å²) >= 11 is 0. The summed E-state index contributed by atoms with van der Waals surface area (Å²) in [4.78, 5) is 15.0. The molecule has 2 fully saturated rings. The number of rotatable bonds is 5. The van der Waals surface area contributed by atoms with Gasteiger partial charge in [-0.1, -0.05) is 0 Å². The molecule has 1 amide bonds. The van der Waals surface area contributed by atoms with Gasteiger partial charge in [-0.05, 0) is 50.8 Å². The molecule has 2 saturated heterocycles. The van der Waals surface area contributed by atoms with Gasteiger partial charge in [0.2, 0.25) is 0 Å². The zero-order valence-electron chi connectivity index (χ0n) is 18.4. The van der Waals surface area contributed by atoms with E-state index in [-0.39, 0.29) is 5.91 Å². The Morgan fingerprint density at radius 1 is 1.34 bits per heavy atom. The van der Waals surface area contributed by atoms with Gasteiger partial charge in [0.05, 0.1) is 11.3 Å². The summed E-state index contributed by atoms with van der Waals surface area (Å²) in [6.07, 6.45) is 1.81. The van der Waals surface area contributed by atoms with Gasteiger partial charge in [0.15, 0.2) is 23.8 Å². The van der Waals surface area contributed by atoms with Gasteiger partial charge in [0, 0.05) is 26.7 Å². The lowest BCUT2D eigenvalue weighted by Crippen LogP contribution is -2.43. The number of aromatic nitrogens is 3. The van der Waals surface area contributed by atoms with Crippen LogP contribution in [0.15, 0.2) is 24.5 Å². The third-order valence-corrected chi connectivity index (χ3v) is 5.96. The fourth-order valence-corrected chi connectivity index (χ4v) is 4.29. The number of benzene rings is 1. The first-order chi connectivity index (χ1) is 15.3. The Morgan fingerprint density at radius 2 is 2.09 bits per heavy atom. The average Bonchev–Trinajstić information content (AvgIpc) is 3.34. The fraction of sp³-hybridized carbons (Fsp3) is 0.545. The molecule has 0 radical (unpaired) electrons. The third kappa shape index (κ3) is 4.59. The van der Waals surface area contributed by atoms with E-state index < -0.39 is 23.8 Å². The molecule has 10 heteroatoms. The zero-order chi connectivity index (χ0) is 22.9. The molecular formula is C22H27FN6O3. The van der Waals surface area contributed by atoms with Crippen LogP contribution in [-0.2, 0) is 21.3 Å². The van der Waals surface area contributed by atoms with E-state index in [9.17, 15) is 14.4 Å². The number of amides is 1. The topological polar surface area (TPSA) is 105 Å². The molecule has 32 heavy (non-hydrogen) atoms. The number of aryl methyl sites for hydroxylation is 1. The average molecular weight is 442 g/mol. The van der Waals surface area contributed by atoms with E-state index in [0.29, 0.717) is 23.9 Å². The minimum Gasteiger partial charge on any atom is -0.370 e. The van der Waals surface area contributed by atoms with Gasteiger partial charge in [-0.3, -0.25) is 4.79 Å². The van der Waals surface area contributed by atoms with E-state index >= 15 is 0 Å². The molecule has 2 aliphatic rings. The normalized spacial score (nSPS) is 23.2. The maximum absolute atomic E-state index is 13.4. The number of nitrogens with zero attached hydrogens (tertiary/aromatic N) is 5. The van der Waals surface area contributed by atoms with Crippen LogP contribution in [0, 0.1) is 23.1 Å². The van der Waals surface area contributed by atoms with Gasteiger partial charge in [0.25, 0.3) is 5.91 Å². The second-order valence-corrected chi connectivity index (χ2v) is 8.73. The van der Waals surface area contributed by atoms with Crippen LogP contribution in [0.2, 0.25) is 0 Å². The number of carbonyl (C=O) groups is 1. The van der Waals surface area contributed by atoms with E-state index in [2.05, 4.69) is 26.5 Å². The molecule has 1 aromatic heterocycles. The maximum atomic E-state index is 13.4. The predicted octanol–water partition coefficient (Wildman–Crippen LogP) is 2.05. The monoisotopic (exact) mass is 442 g/mol. The van der Waals surface area contributed by atoms with E-state index in [1.165, 1.54) is 12.1 Å². The van der Waals surface area contributed by atoms with Gasteiger partial charge in [-0.25, -0.2) is 4.39 Å². The standard InChI is InChI=1S/C22H27FN6O3/c1-22(2)31-18(20-27-26-13-28(20)3)19(32-22)21(30)25-12-14-6-8-29(9-7-14)17-5-4-16(23)10-15(17)11-24/h4-5,10,13-14,18-19H,6-9,12H2,1-3H3,(H,25,30)/t18-,19-/m1/s1. The molecule has 2 atom stereocenters. The molecule has 0 spiro atoms. The van der Waals surface area contributed by atoms with Gasteiger partial charge in [-0.15, -0.1) is 10.2 Å². The first kappa shape index (κ1) is 22.2. The SMILES string of the molecule is Cn1cnnc1[C@@H]1OC(C)(C)O[C@H]1C(=O)NCC1CCN(c2ccc(F)cc2C#N)CC1. The fourth-order valence-electron chi connectivity index (χ4n) is 4.29. The molecule has 170 valence electrons. The quantitative estimate of drug-likeness (QED) is 0.756. The van der Waals surface area contributed by atoms with Crippen molar-refractivity contribution in [3.05, 3.63) is 41.7 Å². The highest BCUT2D eigenvalue weighted by atomic mass is 19.1. The summed E-state index contributed by atoms with van der Waals surface area (Å²) in [5, 5.41) is 20.3. The number of nitriles is 1. The minimum absolute atomic E-state index is 0.240. The van der Waals surface area contributed by atoms with Crippen molar-refractivity contribution in [2.75, 3.05) is 24.5 Å². The van der Waals surface area contributed by atoms with E-state index in [1.807, 2.05) is 0 Å². The second kappa shape index (κ2) is 8.84. The highest BCUT2D eigenvalue weighted by Crippen LogP contribution is 2.37. The van der Waals surface area contributed by atoms with Crippen molar-refractivity contribution in [1.82, 2.24) is 20.1 Å². The summed E-state index contributed by atoms with van der Waals surface area (Å²) in [6, 6.07) is 6.36. The highest BCUT2D eigenvalue weighted by Gasteiger charge is 2.48. The van der Waals surface area contributed by atoms with Crippen molar-refractivity contribution in [2.45, 2.75) is 44.7 Å². The minimum atomic E-state index is -0.905. The van der Waals surface area contributed by atoms with Crippen molar-refractivity contribution < 1.29 is 18.7 Å². The van der Waals surface area contributed by atoms with Crippen LogP contribution in [0.5, 0.6) is 0 Å². The van der Waals surface area contributed by atoms with Crippen LogP contribution in [0.25, 0.3) is 0 Å². The summed E-state index contributed by atoms with van der Waals surface area (Å²) in [6.45, 7) is 5.53. The zero-order valence-corrected chi connectivity index (χ0v) is 18.4. The molecule has 2 aliphatic heterocycles. The first-order valence-electron chi connectivity index (χ1n) is 10.7. The number of hydrogen-bond donors (Lipinski definition) is 1. The second-order valence-electron chi connectivity index (χ2n) is 8.73. The Hall–Kier alpha value is -3.03. The molecule has 1 aromatic carbocycles. The smallest absolute Gasteiger partial charge is 0.252 e. The van der Waals surface area contributed by atoms with Gasteiger partial charge in [0.1, 0.15) is 18.2 Å². The molecule has 2 aromatic rings. The van der Waals surface area contributed by atoms with Crippen LogP contribution in [0.4, 0.5) is 10.1 Å². The molecule has 0 bridgehead atoms. The molecule has 0 unspecified atom stereocenters. The summed E-state index contributed by atoms with van der Waals surface area (Å²) in [5.74, 6) is -0.723. The van der Waals surface area contributed by atoms with Crippen LogP contribution in [0.3, 0.4) is 0 Å². The largest absolute Gasteiger partial charge is 0.370 e. The molecule has 4 rings (SSSR count). The van der Waals surface area contributed by atoms with E-state index in [0.717, 1.165) is 31.6 Å². The van der Waals surface area contributed by atoms with Crippen molar-refractivity contribution in [3.8, 4) is 6.07 Å². The molecule has 9 nitrogen and oxygen atoms in total. The lowest BCUT2D eigenvalue weighted by molar-refractivity contribution is -0.156. The van der Waals surface area contributed by atoms with Crippen LogP contribution in [0.1, 0.15) is 44.2 Å². The van der Waals surface area contributed by atoms with Crippen molar-refractivity contribution in [2.24, 2.45) is 13.0 Å². The van der Waals surface area contributed by atoms with Crippen molar-refractivity contribution >= 4 is 11.6 Å². The Morgan fingerprint density at radius 3 is 2.75 bits per heavy atom. The number of hydrogen-bond acceptors (Lipinski definition) is 7. The number of anilines is 1. The van der Waals surface area contributed by atoms with Crippen LogP contribution >= 0.6 is 0 Å². The number of carbonyl (C=O) groups excluding carboxylic acids is 1. The maximum Gasteiger partial charge on any atom is 0.252 e. The van der Waals surface area contributed by atoms with Gasteiger partial charge >= 0.3 is 0 Å². The Labute approximate surface area is 186 Å². The number of halogens is 1. The lowest BCUT2D eigenvalue weighted by atomic mass is 9.95. The summed E-state index contributed by atoms with van der Waals surface area (Å²) < 4.78 is 26.9. The highest BCUT2D eigenvalue weighted by molar-refractivity contribution is 5.81. The molecular weight excluding hydrogens is 415 g/mol. The molecule has 1 N–H and O–H groups in total. The Bertz CT molecular complexity index is 1020. The van der Waals surface area contributed by atoms with Crippen LogP contribution < -0.4 is 10.2 Å². The molecule has 0 saturated carbocycles. The van der Waals surface area contributed by atoms with E-state index in [4.69, 9.17) is 9.47 Å². The van der Waals surface area contributed by atoms with Crippen LogP contribution in [-0.4, -0.2) is 52.2 Å². The third-order valence-electron chi connectivity index (χ3n) is 5.96. The van der Waals surface area contributed by atoms with Gasteiger partial charge in [-0.2, -0.15) is 5.26 Å². The Balaban J connectivity index is 1.33. The summed E-state index contributed by atoms with van der Waals surface area (Å²) in [7, 11) is 1.80. The summed E-state index contributed by atoms with van der Waals surface area (Å²) in [5.41, 5.74) is 1.09. The molecule has 0 aliphatic carbocycles. The number of ether oxygens (including phenoxy) is 2. The van der Waals surface area contributed by atoms with E-state index in [1.54, 1.807) is 37.9 Å². The Kier molecular flexibility index (Phi) is 6.13. The molecule has 3 heterocycles. The first-order valence-corrected chi connectivity index (χ1v) is 10.7. The van der Waals surface area contributed by atoms with Gasteiger partial charge < -0.3 is 24.3 Å². The van der Waals surface area contributed by atoms with Crippen molar-refractivity contribution in [1.29, 1.82) is 5.26 Å². The van der Waals surface area contributed by atoms with Crippen molar-refractivity contribution in [3.63, 3.8) is 0 Å². The number of nitrogens with one attached hydrogen (secondary N) is 1. The lowest BCUT2D eigenvalue weighted by Gasteiger charge is -2.34. The predicted molar refractivity (Wildman–Crippen MR) is 113 cm³/mol.